The zero-order valence-electron chi connectivity index (χ0n) is 19.8. The molecule has 1 aliphatic heterocycles. The van der Waals surface area contributed by atoms with Gasteiger partial charge in [0.05, 0.1) is 7.11 Å². The van der Waals surface area contributed by atoms with Gasteiger partial charge < -0.3 is 15.0 Å². The van der Waals surface area contributed by atoms with Gasteiger partial charge in [-0.25, -0.2) is 0 Å². The number of carbonyl (C=O) groups excluding carboxylic acids is 3. The highest BCUT2D eigenvalue weighted by Gasteiger charge is 2.58. The largest absolute Gasteiger partial charge is 0.497 e. The Hall–Kier alpha value is -3.22. The number of likely N-dealkylation sites (tertiary alicyclic amines) is 1. The molecule has 180 valence electrons. The number of amides is 2. The number of ether oxygens (including phenoxy) is 1. The van der Waals surface area contributed by atoms with Crippen LogP contribution in [0, 0.1) is 11.3 Å². The van der Waals surface area contributed by atoms with Gasteiger partial charge in [0.25, 0.3) is 0 Å². The second kappa shape index (κ2) is 10.8. The molecule has 1 aliphatic carbocycles. The number of aryl methyl sites for hydroxylation is 1. The van der Waals surface area contributed by atoms with E-state index in [4.69, 9.17) is 4.74 Å². The molecule has 2 amide bonds. The lowest BCUT2D eigenvalue weighted by Gasteiger charge is -2.33. The van der Waals surface area contributed by atoms with Gasteiger partial charge >= 0.3 is 0 Å². The SMILES string of the molecule is COc1ccc(C(=O)CCC(=O)N2CCC3(CC2)CC3C(=O)NCCCc2ccncc2)cc1. The van der Waals surface area contributed by atoms with Crippen LogP contribution in [0.5, 0.6) is 5.75 Å². The highest BCUT2D eigenvalue weighted by atomic mass is 16.5. The Balaban J connectivity index is 1.14. The van der Waals surface area contributed by atoms with Crippen molar-refractivity contribution < 1.29 is 19.1 Å². The lowest BCUT2D eigenvalue weighted by Crippen LogP contribution is -2.40. The molecule has 4 rings (SSSR count). The number of hydrogen-bond donors (Lipinski definition) is 1. The van der Waals surface area contributed by atoms with E-state index >= 15 is 0 Å². The lowest BCUT2D eigenvalue weighted by atomic mass is 9.90. The number of pyridine rings is 1. The van der Waals surface area contributed by atoms with Crippen molar-refractivity contribution in [2.45, 2.75) is 44.9 Å². The fourth-order valence-electron chi connectivity index (χ4n) is 4.95. The maximum absolute atomic E-state index is 12.6. The van der Waals surface area contributed by atoms with Crippen LogP contribution in [0.3, 0.4) is 0 Å². The summed E-state index contributed by atoms with van der Waals surface area (Å²) in [4.78, 5) is 43.5. The Labute approximate surface area is 200 Å². The van der Waals surface area contributed by atoms with Gasteiger partial charge in [-0.2, -0.15) is 0 Å². The number of methoxy groups -OCH3 is 1. The smallest absolute Gasteiger partial charge is 0.223 e. The van der Waals surface area contributed by atoms with E-state index in [9.17, 15) is 14.4 Å². The summed E-state index contributed by atoms with van der Waals surface area (Å²) in [6.07, 6.45) is 8.48. The van der Waals surface area contributed by atoms with Crippen LogP contribution in [0.2, 0.25) is 0 Å². The van der Waals surface area contributed by atoms with Crippen molar-refractivity contribution in [2.75, 3.05) is 26.7 Å². The number of hydrogen-bond acceptors (Lipinski definition) is 5. The van der Waals surface area contributed by atoms with Crippen LogP contribution in [0.25, 0.3) is 0 Å². The summed E-state index contributed by atoms with van der Waals surface area (Å²) in [5.41, 5.74) is 1.89. The first kappa shape index (κ1) is 23.9. The Morgan fingerprint density at radius 1 is 1.06 bits per heavy atom. The minimum Gasteiger partial charge on any atom is -0.497 e. The monoisotopic (exact) mass is 463 g/mol. The molecule has 1 N–H and O–H groups in total. The first-order valence-electron chi connectivity index (χ1n) is 12.1. The van der Waals surface area contributed by atoms with Crippen LogP contribution in [0.1, 0.15) is 54.4 Å². The maximum atomic E-state index is 12.6. The molecule has 2 aliphatic rings. The molecule has 1 aromatic carbocycles. The van der Waals surface area contributed by atoms with E-state index in [1.54, 1.807) is 43.8 Å². The highest BCUT2D eigenvalue weighted by Crippen LogP contribution is 2.59. The third kappa shape index (κ3) is 5.82. The second-order valence-corrected chi connectivity index (χ2v) is 9.40. The predicted molar refractivity (Wildman–Crippen MR) is 128 cm³/mol. The molecule has 0 radical (unpaired) electrons. The van der Waals surface area contributed by atoms with Crippen LogP contribution in [-0.4, -0.2) is 54.2 Å². The number of carbonyl (C=O) groups is 3. The van der Waals surface area contributed by atoms with E-state index in [1.807, 2.05) is 17.0 Å². The normalized spacial score (nSPS) is 18.4. The van der Waals surface area contributed by atoms with Gasteiger partial charge in [-0.05, 0) is 79.5 Å². The zero-order valence-corrected chi connectivity index (χ0v) is 19.8. The molecule has 1 unspecified atom stereocenters. The van der Waals surface area contributed by atoms with Crippen LogP contribution < -0.4 is 10.1 Å². The molecule has 1 atom stereocenters. The third-order valence-electron chi connectivity index (χ3n) is 7.29. The van der Waals surface area contributed by atoms with Crippen molar-refractivity contribution in [3.05, 3.63) is 59.9 Å². The summed E-state index contributed by atoms with van der Waals surface area (Å²) in [6.45, 7) is 2.02. The minimum absolute atomic E-state index is 0.0227. The average Bonchev–Trinajstić information content (AvgIpc) is 3.59. The van der Waals surface area contributed by atoms with Crippen LogP contribution in [0.4, 0.5) is 0 Å². The number of Topliss-reactive ketones (excluding diaryl/α,β-unsaturated/α-hetero) is 1. The van der Waals surface area contributed by atoms with E-state index in [0.29, 0.717) is 30.9 Å². The summed E-state index contributed by atoms with van der Waals surface area (Å²) in [6, 6.07) is 11.0. The maximum Gasteiger partial charge on any atom is 0.223 e. The number of nitrogens with one attached hydrogen (secondary N) is 1. The molecule has 7 heteroatoms. The van der Waals surface area contributed by atoms with Gasteiger partial charge in [-0.1, -0.05) is 0 Å². The molecule has 1 saturated heterocycles. The molecule has 7 nitrogen and oxygen atoms in total. The number of aromatic nitrogens is 1. The van der Waals surface area contributed by atoms with E-state index < -0.39 is 0 Å². The number of benzene rings is 1. The molecule has 1 aromatic heterocycles. The van der Waals surface area contributed by atoms with Crippen LogP contribution in [-0.2, 0) is 16.0 Å². The average molecular weight is 464 g/mol. The number of ketones is 1. The first-order chi connectivity index (χ1) is 16.5. The van der Waals surface area contributed by atoms with Crippen molar-refractivity contribution >= 4 is 17.6 Å². The molecule has 2 heterocycles. The molecule has 34 heavy (non-hydrogen) atoms. The van der Waals surface area contributed by atoms with E-state index in [1.165, 1.54) is 5.56 Å². The van der Waals surface area contributed by atoms with Crippen molar-refractivity contribution in [3.8, 4) is 5.75 Å². The van der Waals surface area contributed by atoms with Crippen molar-refractivity contribution in [1.82, 2.24) is 15.2 Å². The summed E-state index contributed by atoms with van der Waals surface area (Å²) in [5.74, 6) is 0.913. The van der Waals surface area contributed by atoms with Gasteiger partial charge in [0.1, 0.15) is 5.75 Å². The number of rotatable bonds is 10. The molecule has 2 aromatic rings. The second-order valence-electron chi connectivity index (χ2n) is 9.40. The quantitative estimate of drug-likeness (QED) is 0.431. The van der Waals surface area contributed by atoms with Crippen molar-refractivity contribution in [2.24, 2.45) is 11.3 Å². The van der Waals surface area contributed by atoms with Gasteiger partial charge in [0.15, 0.2) is 5.78 Å². The summed E-state index contributed by atoms with van der Waals surface area (Å²) in [7, 11) is 1.58. The topological polar surface area (TPSA) is 88.6 Å². The van der Waals surface area contributed by atoms with Crippen LogP contribution in [0.15, 0.2) is 48.8 Å². The Kier molecular flexibility index (Phi) is 7.60. The summed E-state index contributed by atoms with van der Waals surface area (Å²) < 4.78 is 5.11. The molecule has 1 saturated carbocycles. The standard InChI is InChI=1S/C27H33N3O4/c1-34-22-6-4-21(5-7-22)24(31)8-9-25(32)30-17-12-27(13-18-30)19-23(27)26(33)29-14-2-3-20-10-15-28-16-11-20/h4-7,10-11,15-16,23H,2-3,8-9,12-14,17-19H2,1H3,(H,29,33). The Morgan fingerprint density at radius 3 is 2.44 bits per heavy atom. The highest BCUT2D eigenvalue weighted by molar-refractivity contribution is 5.98. The molecular formula is C27H33N3O4. The minimum atomic E-state index is -0.0349. The predicted octanol–water partition coefficient (Wildman–Crippen LogP) is 3.43. The van der Waals surface area contributed by atoms with Gasteiger partial charge in [0.2, 0.25) is 11.8 Å². The fraction of sp³-hybridized carbons (Fsp3) is 0.481. The summed E-state index contributed by atoms with van der Waals surface area (Å²) >= 11 is 0. The van der Waals surface area contributed by atoms with Gasteiger partial charge in [-0.15, -0.1) is 0 Å². The van der Waals surface area contributed by atoms with Crippen LogP contribution >= 0.6 is 0 Å². The molecule has 1 spiro atoms. The van der Waals surface area contributed by atoms with E-state index in [2.05, 4.69) is 10.3 Å². The van der Waals surface area contributed by atoms with E-state index in [-0.39, 0.29) is 41.8 Å². The number of nitrogens with zero attached hydrogens (tertiary/aromatic N) is 2. The molecular weight excluding hydrogens is 430 g/mol. The van der Waals surface area contributed by atoms with Crippen molar-refractivity contribution in [1.29, 1.82) is 0 Å². The summed E-state index contributed by atoms with van der Waals surface area (Å²) in [5, 5.41) is 3.10. The Bertz CT molecular complexity index is 998. The fourth-order valence-corrected chi connectivity index (χ4v) is 4.95. The first-order valence-corrected chi connectivity index (χ1v) is 12.1. The third-order valence-corrected chi connectivity index (χ3v) is 7.29. The van der Waals surface area contributed by atoms with Gasteiger partial charge in [-0.3, -0.25) is 19.4 Å². The number of piperidine rings is 1. The zero-order chi connectivity index (χ0) is 24.0. The molecule has 0 bridgehead atoms. The molecule has 2 fully saturated rings. The van der Waals surface area contributed by atoms with Crippen molar-refractivity contribution in [3.63, 3.8) is 0 Å². The van der Waals surface area contributed by atoms with E-state index in [0.717, 1.165) is 32.1 Å². The Morgan fingerprint density at radius 2 is 1.76 bits per heavy atom. The lowest BCUT2D eigenvalue weighted by molar-refractivity contribution is -0.132. The van der Waals surface area contributed by atoms with Gasteiger partial charge in [0, 0.05) is 56.4 Å².